The summed E-state index contributed by atoms with van der Waals surface area (Å²) in [5.41, 5.74) is -1.29. The molecule has 0 heterocycles. The van der Waals surface area contributed by atoms with Gasteiger partial charge >= 0.3 is 11.9 Å². The molecule has 23 heavy (non-hydrogen) atoms. The standard InChI is InChI=1S/C17H36O4Si2/c1-15(2,3)22(9,10)20-13(18)17(7,8)14(19)21-23(11,12)16(4,5)6/h1-12H3. The van der Waals surface area contributed by atoms with Gasteiger partial charge in [-0.05, 0) is 50.1 Å². The first-order chi connectivity index (χ1) is 9.76. The van der Waals surface area contributed by atoms with E-state index in [-0.39, 0.29) is 10.1 Å². The van der Waals surface area contributed by atoms with E-state index in [4.69, 9.17) is 8.85 Å². The molecule has 0 bridgehead atoms. The van der Waals surface area contributed by atoms with Crippen molar-refractivity contribution in [3.63, 3.8) is 0 Å². The number of hydrogen-bond acceptors (Lipinski definition) is 4. The van der Waals surface area contributed by atoms with Crippen LogP contribution in [-0.2, 0) is 18.4 Å². The summed E-state index contributed by atoms with van der Waals surface area (Å²) in [6.07, 6.45) is 0. The van der Waals surface area contributed by atoms with Crippen LogP contribution in [-0.4, -0.2) is 28.6 Å². The minimum atomic E-state index is -2.26. The van der Waals surface area contributed by atoms with E-state index in [1.807, 2.05) is 26.2 Å². The SMILES string of the molecule is CC(C)(C(=O)O[Si](C)(C)C(C)(C)C)C(=O)O[Si](C)(C)C(C)(C)C. The number of hydrogen-bond donors (Lipinski definition) is 0. The Kier molecular flexibility index (Phi) is 6.18. The van der Waals surface area contributed by atoms with E-state index in [1.54, 1.807) is 13.8 Å². The summed E-state index contributed by atoms with van der Waals surface area (Å²) in [6, 6.07) is 0. The highest BCUT2D eigenvalue weighted by Crippen LogP contribution is 2.40. The highest BCUT2D eigenvalue weighted by atomic mass is 28.4. The van der Waals surface area contributed by atoms with Crippen LogP contribution in [0.5, 0.6) is 0 Å². The Bertz CT molecular complexity index is 424. The molecule has 0 aromatic heterocycles. The molecule has 0 aromatic rings. The van der Waals surface area contributed by atoms with Crippen LogP contribution in [0.4, 0.5) is 0 Å². The van der Waals surface area contributed by atoms with Gasteiger partial charge in [0.2, 0.25) is 0 Å². The Labute approximate surface area is 144 Å². The van der Waals surface area contributed by atoms with Crippen LogP contribution in [0.1, 0.15) is 55.4 Å². The van der Waals surface area contributed by atoms with Crippen molar-refractivity contribution in [2.75, 3.05) is 0 Å². The summed E-state index contributed by atoms with van der Waals surface area (Å²) in [6.45, 7) is 23.6. The Balaban J connectivity index is 5.27. The maximum atomic E-state index is 12.6. The van der Waals surface area contributed by atoms with Crippen molar-refractivity contribution in [2.45, 2.75) is 91.7 Å². The van der Waals surface area contributed by atoms with E-state index >= 15 is 0 Å². The van der Waals surface area contributed by atoms with Crippen LogP contribution < -0.4 is 0 Å². The molecule has 0 N–H and O–H groups in total. The van der Waals surface area contributed by atoms with Crippen molar-refractivity contribution in [3.8, 4) is 0 Å². The lowest BCUT2D eigenvalue weighted by molar-refractivity contribution is -0.159. The molecule has 0 saturated heterocycles. The average molecular weight is 361 g/mol. The normalized spacial score (nSPS) is 14.4. The monoisotopic (exact) mass is 360 g/mol. The van der Waals surface area contributed by atoms with Crippen molar-refractivity contribution >= 4 is 28.6 Å². The van der Waals surface area contributed by atoms with Crippen LogP contribution in [0.15, 0.2) is 0 Å². The van der Waals surface area contributed by atoms with Crippen molar-refractivity contribution in [1.29, 1.82) is 0 Å². The lowest BCUT2D eigenvalue weighted by atomic mass is 9.94. The summed E-state index contributed by atoms with van der Waals surface area (Å²) in [5.74, 6) is -0.958. The summed E-state index contributed by atoms with van der Waals surface area (Å²) >= 11 is 0. The third kappa shape index (κ3) is 5.17. The smallest absolute Gasteiger partial charge is 0.309 e. The van der Waals surface area contributed by atoms with Crippen molar-refractivity contribution in [2.24, 2.45) is 5.41 Å². The fourth-order valence-corrected chi connectivity index (χ4v) is 3.16. The predicted octanol–water partition coefficient (Wildman–Crippen LogP) is 5.11. The van der Waals surface area contributed by atoms with Gasteiger partial charge in [-0.2, -0.15) is 0 Å². The van der Waals surface area contributed by atoms with Crippen LogP contribution >= 0.6 is 0 Å². The minimum Gasteiger partial charge on any atom is -0.518 e. The number of rotatable bonds is 4. The molecule has 0 aromatic carbocycles. The van der Waals surface area contributed by atoms with Gasteiger partial charge in [-0.3, -0.25) is 9.59 Å². The van der Waals surface area contributed by atoms with Gasteiger partial charge in [0.25, 0.3) is 16.6 Å². The molecular formula is C17H36O4Si2. The molecule has 0 atom stereocenters. The molecule has 0 radical (unpaired) electrons. The molecule has 0 fully saturated rings. The van der Waals surface area contributed by atoms with Crippen molar-refractivity contribution < 1.29 is 18.4 Å². The van der Waals surface area contributed by atoms with Crippen molar-refractivity contribution in [3.05, 3.63) is 0 Å². The van der Waals surface area contributed by atoms with Gasteiger partial charge in [-0.15, -0.1) is 0 Å². The zero-order valence-electron chi connectivity index (χ0n) is 17.1. The van der Waals surface area contributed by atoms with Crippen LogP contribution in [0, 0.1) is 5.41 Å². The van der Waals surface area contributed by atoms with Gasteiger partial charge in [0.05, 0.1) is 0 Å². The number of carbonyl (C=O) groups is 2. The second-order valence-corrected chi connectivity index (χ2v) is 19.4. The first-order valence-electron chi connectivity index (χ1n) is 8.22. The topological polar surface area (TPSA) is 52.6 Å². The molecule has 0 unspecified atom stereocenters. The molecule has 0 saturated carbocycles. The van der Waals surface area contributed by atoms with E-state index in [2.05, 4.69) is 41.5 Å². The quantitative estimate of drug-likeness (QED) is 0.516. The molecule has 0 aliphatic carbocycles. The molecule has 0 rings (SSSR count). The molecule has 4 nitrogen and oxygen atoms in total. The van der Waals surface area contributed by atoms with Gasteiger partial charge in [0.15, 0.2) is 5.41 Å². The summed E-state index contributed by atoms with van der Waals surface area (Å²) < 4.78 is 11.6. The van der Waals surface area contributed by atoms with Crippen LogP contribution in [0.2, 0.25) is 36.3 Å². The number of carbonyl (C=O) groups excluding carboxylic acids is 2. The lowest BCUT2D eigenvalue weighted by Gasteiger charge is -2.40. The largest absolute Gasteiger partial charge is 0.518 e. The average Bonchev–Trinajstić information content (AvgIpc) is 2.24. The molecule has 6 heteroatoms. The Hall–Kier alpha value is -0.626. The minimum absolute atomic E-state index is 0.0952. The zero-order valence-corrected chi connectivity index (χ0v) is 19.1. The van der Waals surface area contributed by atoms with Crippen LogP contribution in [0.3, 0.4) is 0 Å². The zero-order chi connectivity index (χ0) is 19.1. The highest BCUT2D eigenvalue weighted by molar-refractivity contribution is 6.76. The van der Waals surface area contributed by atoms with Gasteiger partial charge < -0.3 is 8.85 Å². The van der Waals surface area contributed by atoms with E-state index in [0.29, 0.717) is 0 Å². The molecule has 136 valence electrons. The van der Waals surface area contributed by atoms with Gasteiger partial charge in [-0.25, -0.2) is 0 Å². The predicted molar refractivity (Wildman–Crippen MR) is 100 cm³/mol. The third-order valence-electron chi connectivity index (χ3n) is 5.33. The van der Waals surface area contributed by atoms with E-state index < -0.39 is 34.0 Å². The summed E-state index contributed by atoms with van der Waals surface area (Å²) in [7, 11) is -4.53. The maximum absolute atomic E-state index is 12.6. The molecule has 0 amide bonds. The van der Waals surface area contributed by atoms with E-state index in [1.165, 1.54) is 0 Å². The van der Waals surface area contributed by atoms with E-state index in [9.17, 15) is 9.59 Å². The second kappa shape index (κ2) is 6.35. The van der Waals surface area contributed by atoms with Gasteiger partial charge in [0.1, 0.15) is 0 Å². The Morgan fingerprint density at radius 3 is 1.00 bits per heavy atom. The first kappa shape index (κ1) is 22.4. The molecule has 0 spiro atoms. The fourth-order valence-electron chi connectivity index (χ4n) is 1.11. The first-order valence-corrected chi connectivity index (χ1v) is 14.0. The van der Waals surface area contributed by atoms with Gasteiger partial charge in [-0.1, -0.05) is 41.5 Å². The van der Waals surface area contributed by atoms with Crippen molar-refractivity contribution in [1.82, 2.24) is 0 Å². The second-order valence-electron chi connectivity index (χ2n) is 9.92. The third-order valence-corrected chi connectivity index (χ3v) is 13.9. The van der Waals surface area contributed by atoms with Gasteiger partial charge in [0, 0.05) is 0 Å². The molecular weight excluding hydrogens is 324 g/mol. The summed E-state index contributed by atoms with van der Waals surface area (Å²) in [4.78, 5) is 25.3. The molecule has 0 aliphatic heterocycles. The van der Waals surface area contributed by atoms with Crippen LogP contribution in [0.25, 0.3) is 0 Å². The molecule has 0 aliphatic rings. The Morgan fingerprint density at radius 2 is 0.826 bits per heavy atom. The summed E-state index contributed by atoms with van der Waals surface area (Å²) in [5, 5.41) is -0.190. The lowest BCUT2D eigenvalue weighted by Crippen LogP contribution is -2.51. The fraction of sp³-hybridized carbons (Fsp3) is 0.882. The highest BCUT2D eigenvalue weighted by Gasteiger charge is 2.49. The van der Waals surface area contributed by atoms with E-state index in [0.717, 1.165) is 0 Å². The Morgan fingerprint density at radius 1 is 0.609 bits per heavy atom. The maximum Gasteiger partial charge on any atom is 0.309 e.